The predicted octanol–water partition coefficient (Wildman–Crippen LogP) is 2.32. The molecule has 0 unspecified atom stereocenters. The summed E-state index contributed by atoms with van der Waals surface area (Å²) in [4.78, 5) is 14.2. The quantitative estimate of drug-likeness (QED) is 0.863. The van der Waals surface area contributed by atoms with Crippen LogP contribution in [-0.2, 0) is 24.8 Å². The molecule has 0 spiro atoms. The summed E-state index contributed by atoms with van der Waals surface area (Å²) in [5.74, 6) is 0.691. The van der Waals surface area contributed by atoms with Gasteiger partial charge in [-0.25, -0.2) is 0 Å². The molecule has 21 heavy (non-hydrogen) atoms. The van der Waals surface area contributed by atoms with Crippen molar-refractivity contribution in [2.75, 3.05) is 6.54 Å². The molecule has 0 N–H and O–H groups in total. The van der Waals surface area contributed by atoms with Crippen LogP contribution in [0.4, 0.5) is 0 Å². The first-order valence-electron chi connectivity index (χ1n) is 7.42. The van der Waals surface area contributed by atoms with Crippen LogP contribution in [0.1, 0.15) is 23.2 Å². The highest BCUT2D eigenvalue weighted by atomic mass is 16.2. The molecule has 1 saturated heterocycles. The van der Waals surface area contributed by atoms with Crippen molar-refractivity contribution in [1.82, 2.24) is 14.7 Å². The first kappa shape index (κ1) is 13.9. The first-order chi connectivity index (χ1) is 10.1. The number of nitrogens with zero attached hydrogens (tertiary/aromatic N) is 3. The van der Waals surface area contributed by atoms with E-state index in [0.29, 0.717) is 18.9 Å². The number of rotatable bonds is 4. The molecule has 0 aliphatic carbocycles. The molecular weight excluding hydrogens is 262 g/mol. The van der Waals surface area contributed by atoms with Gasteiger partial charge in [0.2, 0.25) is 5.91 Å². The van der Waals surface area contributed by atoms with E-state index in [0.717, 1.165) is 24.2 Å². The van der Waals surface area contributed by atoms with Gasteiger partial charge in [0.15, 0.2) is 0 Å². The largest absolute Gasteiger partial charge is 0.338 e. The number of carbonyl (C=O) groups is 1. The van der Waals surface area contributed by atoms with Gasteiger partial charge in [0, 0.05) is 37.8 Å². The minimum atomic E-state index is 0.263. The SMILES string of the molecule is Cc1c(CN2C[C@H](Cc3ccccc3)CC2=O)cnn1C. The van der Waals surface area contributed by atoms with Crippen molar-refractivity contribution in [3.63, 3.8) is 0 Å². The monoisotopic (exact) mass is 283 g/mol. The number of benzene rings is 1. The fourth-order valence-electron chi connectivity index (χ4n) is 3.00. The summed E-state index contributed by atoms with van der Waals surface area (Å²) in [7, 11) is 1.93. The van der Waals surface area contributed by atoms with Gasteiger partial charge in [-0.05, 0) is 24.8 Å². The van der Waals surface area contributed by atoms with Crippen molar-refractivity contribution in [1.29, 1.82) is 0 Å². The van der Waals surface area contributed by atoms with E-state index in [-0.39, 0.29) is 5.91 Å². The van der Waals surface area contributed by atoms with Crippen LogP contribution < -0.4 is 0 Å². The summed E-state index contributed by atoms with van der Waals surface area (Å²) in [5.41, 5.74) is 3.59. The van der Waals surface area contributed by atoms with E-state index in [1.165, 1.54) is 5.56 Å². The topological polar surface area (TPSA) is 38.1 Å². The van der Waals surface area contributed by atoms with Crippen LogP contribution in [0.25, 0.3) is 0 Å². The second kappa shape index (κ2) is 5.72. The number of aryl methyl sites for hydroxylation is 1. The molecule has 2 aromatic rings. The van der Waals surface area contributed by atoms with Gasteiger partial charge < -0.3 is 4.90 Å². The summed E-state index contributed by atoms with van der Waals surface area (Å²) in [5, 5.41) is 4.25. The molecule has 3 rings (SSSR count). The lowest BCUT2D eigenvalue weighted by Crippen LogP contribution is -2.25. The molecule has 1 aromatic carbocycles. The predicted molar refractivity (Wildman–Crippen MR) is 81.6 cm³/mol. The smallest absolute Gasteiger partial charge is 0.223 e. The summed E-state index contributed by atoms with van der Waals surface area (Å²) in [6.07, 6.45) is 3.51. The van der Waals surface area contributed by atoms with Crippen LogP contribution in [0, 0.1) is 12.8 Å². The zero-order valence-electron chi connectivity index (χ0n) is 12.6. The van der Waals surface area contributed by atoms with Gasteiger partial charge in [-0.15, -0.1) is 0 Å². The Morgan fingerprint density at radius 2 is 2.05 bits per heavy atom. The number of aromatic nitrogens is 2. The van der Waals surface area contributed by atoms with Gasteiger partial charge in [0.1, 0.15) is 0 Å². The summed E-state index contributed by atoms with van der Waals surface area (Å²) < 4.78 is 1.86. The standard InChI is InChI=1S/C17H21N3O/c1-13-16(10-18-19(13)2)12-20-11-15(9-17(20)21)8-14-6-4-3-5-7-14/h3-7,10,15H,8-9,11-12H2,1-2H3/t15-/m1/s1. The molecule has 1 aliphatic rings. The maximum atomic E-state index is 12.2. The number of amides is 1. The third kappa shape index (κ3) is 2.99. The maximum absolute atomic E-state index is 12.2. The van der Waals surface area contributed by atoms with Crippen molar-refractivity contribution >= 4 is 5.91 Å². The first-order valence-corrected chi connectivity index (χ1v) is 7.42. The Morgan fingerprint density at radius 1 is 1.29 bits per heavy atom. The molecule has 1 amide bonds. The number of likely N-dealkylation sites (tertiary alicyclic amines) is 1. The van der Waals surface area contributed by atoms with Crippen molar-refractivity contribution in [2.45, 2.75) is 26.3 Å². The highest BCUT2D eigenvalue weighted by Crippen LogP contribution is 2.24. The Bertz CT molecular complexity index is 633. The lowest BCUT2D eigenvalue weighted by molar-refractivity contribution is -0.128. The van der Waals surface area contributed by atoms with Crippen LogP contribution in [0.2, 0.25) is 0 Å². The molecule has 0 saturated carbocycles. The molecule has 4 heteroatoms. The fourth-order valence-corrected chi connectivity index (χ4v) is 3.00. The molecule has 0 bridgehead atoms. The van der Waals surface area contributed by atoms with Gasteiger partial charge in [-0.3, -0.25) is 9.48 Å². The Kier molecular flexibility index (Phi) is 3.78. The van der Waals surface area contributed by atoms with Crippen LogP contribution in [0.5, 0.6) is 0 Å². The van der Waals surface area contributed by atoms with E-state index in [1.807, 2.05) is 35.8 Å². The average molecular weight is 283 g/mol. The molecular formula is C17H21N3O. The van der Waals surface area contributed by atoms with Crippen LogP contribution >= 0.6 is 0 Å². The van der Waals surface area contributed by atoms with Crippen molar-refractivity contribution in [3.05, 3.63) is 53.3 Å². The fraction of sp³-hybridized carbons (Fsp3) is 0.412. The maximum Gasteiger partial charge on any atom is 0.223 e. The lowest BCUT2D eigenvalue weighted by Gasteiger charge is -2.16. The minimum absolute atomic E-state index is 0.263. The van der Waals surface area contributed by atoms with Crippen LogP contribution in [0.3, 0.4) is 0 Å². The molecule has 1 aliphatic heterocycles. The summed E-state index contributed by atoms with van der Waals surface area (Å²) >= 11 is 0. The van der Waals surface area contributed by atoms with Gasteiger partial charge >= 0.3 is 0 Å². The summed E-state index contributed by atoms with van der Waals surface area (Å²) in [6, 6.07) is 10.4. The molecule has 2 heterocycles. The highest BCUT2D eigenvalue weighted by Gasteiger charge is 2.30. The molecule has 1 atom stereocenters. The Morgan fingerprint density at radius 3 is 2.71 bits per heavy atom. The van der Waals surface area contributed by atoms with E-state index in [1.54, 1.807) is 0 Å². The summed E-state index contributed by atoms with van der Waals surface area (Å²) in [6.45, 7) is 3.58. The van der Waals surface area contributed by atoms with E-state index in [2.05, 4.69) is 29.4 Å². The molecule has 110 valence electrons. The van der Waals surface area contributed by atoms with Crippen LogP contribution in [0.15, 0.2) is 36.5 Å². The van der Waals surface area contributed by atoms with E-state index in [4.69, 9.17) is 0 Å². The second-order valence-electron chi connectivity index (χ2n) is 5.91. The Balaban J connectivity index is 1.64. The Labute approximate surface area is 125 Å². The molecule has 1 fully saturated rings. The normalized spacial score (nSPS) is 18.5. The van der Waals surface area contributed by atoms with Crippen molar-refractivity contribution in [2.24, 2.45) is 13.0 Å². The second-order valence-corrected chi connectivity index (χ2v) is 5.91. The van der Waals surface area contributed by atoms with Gasteiger partial charge in [0.05, 0.1) is 6.20 Å². The van der Waals surface area contributed by atoms with E-state index < -0.39 is 0 Å². The van der Waals surface area contributed by atoms with Crippen LogP contribution in [-0.4, -0.2) is 27.1 Å². The number of hydrogen-bond acceptors (Lipinski definition) is 2. The highest BCUT2D eigenvalue weighted by molar-refractivity contribution is 5.78. The minimum Gasteiger partial charge on any atom is -0.338 e. The lowest BCUT2D eigenvalue weighted by atomic mass is 9.99. The van der Waals surface area contributed by atoms with Gasteiger partial charge in [-0.1, -0.05) is 30.3 Å². The zero-order chi connectivity index (χ0) is 14.8. The average Bonchev–Trinajstić information content (AvgIpc) is 2.97. The van der Waals surface area contributed by atoms with Crippen molar-refractivity contribution < 1.29 is 4.79 Å². The third-order valence-corrected chi connectivity index (χ3v) is 4.36. The van der Waals surface area contributed by atoms with E-state index in [9.17, 15) is 4.79 Å². The molecule has 1 aromatic heterocycles. The van der Waals surface area contributed by atoms with E-state index >= 15 is 0 Å². The Hall–Kier alpha value is -2.10. The zero-order valence-corrected chi connectivity index (χ0v) is 12.6. The molecule has 4 nitrogen and oxygen atoms in total. The number of carbonyl (C=O) groups excluding carboxylic acids is 1. The van der Waals surface area contributed by atoms with Crippen molar-refractivity contribution in [3.8, 4) is 0 Å². The molecule has 0 radical (unpaired) electrons. The third-order valence-electron chi connectivity index (χ3n) is 4.36. The van der Waals surface area contributed by atoms with Gasteiger partial charge in [0.25, 0.3) is 0 Å². The van der Waals surface area contributed by atoms with Gasteiger partial charge in [-0.2, -0.15) is 5.10 Å². The number of hydrogen-bond donors (Lipinski definition) is 0.